The first kappa shape index (κ1) is 18.6. The minimum absolute atomic E-state index is 0.0432. The number of likely N-dealkylation sites (tertiary alicyclic amines) is 1. The third-order valence-corrected chi connectivity index (χ3v) is 4.40. The molecule has 0 aliphatic carbocycles. The summed E-state index contributed by atoms with van der Waals surface area (Å²) in [7, 11) is 0. The van der Waals surface area contributed by atoms with E-state index >= 15 is 0 Å². The fraction of sp³-hybridized carbons (Fsp3) is 0.526. The Labute approximate surface area is 144 Å². The first-order chi connectivity index (χ1) is 11.8. The molecule has 3 N–H and O–H groups in total. The Morgan fingerprint density at radius 1 is 1.33 bits per heavy atom. The van der Waals surface area contributed by atoms with Crippen LogP contribution in [0.4, 0.5) is 0 Å². The van der Waals surface area contributed by atoms with Crippen molar-refractivity contribution in [1.29, 1.82) is 5.41 Å². The van der Waals surface area contributed by atoms with E-state index in [9.17, 15) is 0 Å². The average Bonchev–Trinajstić information content (AvgIpc) is 2.63. The van der Waals surface area contributed by atoms with E-state index in [1.165, 1.54) is 5.56 Å². The molecule has 1 aromatic carbocycles. The molecule has 1 fully saturated rings. The fourth-order valence-corrected chi connectivity index (χ4v) is 3.12. The lowest BCUT2D eigenvalue weighted by Crippen LogP contribution is -2.47. The van der Waals surface area contributed by atoms with Gasteiger partial charge in [0, 0.05) is 19.6 Å². The maximum absolute atomic E-state index is 7.20. The molecule has 0 bridgehead atoms. The van der Waals surface area contributed by atoms with Crippen molar-refractivity contribution in [2.45, 2.75) is 44.9 Å². The van der Waals surface area contributed by atoms with Gasteiger partial charge < -0.3 is 15.2 Å². The SMILES string of the molecule is CC/C=C(\OC=N)C(CN)N1CCC(OCc2ccccc2)CC1. The van der Waals surface area contributed by atoms with Gasteiger partial charge in [-0.15, -0.1) is 0 Å². The van der Waals surface area contributed by atoms with Gasteiger partial charge in [0.25, 0.3) is 0 Å². The van der Waals surface area contributed by atoms with E-state index in [1.54, 1.807) is 0 Å². The summed E-state index contributed by atoms with van der Waals surface area (Å²) in [6, 6.07) is 10.3. The van der Waals surface area contributed by atoms with Crippen molar-refractivity contribution in [2.75, 3.05) is 19.6 Å². The van der Waals surface area contributed by atoms with Crippen LogP contribution < -0.4 is 5.73 Å². The van der Waals surface area contributed by atoms with Crippen molar-refractivity contribution in [3.05, 3.63) is 47.7 Å². The van der Waals surface area contributed by atoms with Crippen LogP contribution in [0.5, 0.6) is 0 Å². The molecule has 0 spiro atoms. The highest BCUT2D eigenvalue weighted by molar-refractivity contribution is 5.44. The van der Waals surface area contributed by atoms with Crippen LogP contribution in [0.3, 0.4) is 0 Å². The second kappa shape index (κ2) is 10.2. The number of hydrogen-bond donors (Lipinski definition) is 2. The smallest absolute Gasteiger partial charge is 0.173 e. The van der Waals surface area contributed by atoms with Crippen molar-refractivity contribution in [1.82, 2.24) is 4.90 Å². The Balaban J connectivity index is 1.84. The average molecular weight is 331 g/mol. The van der Waals surface area contributed by atoms with E-state index in [2.05, 4.69) is 24.0 Å². The van der Waals surface area contributed by atoms with Crippen molar-refractivity contribution in [3.8, 4) is 0 Å². The third kappa shape index (κ3) is 5.44. The molecule has 0 saturated carbocycles. The Hall–Kier alpha value is -1.69. The lowest BCUT2D eigenvalue weighted by molar-refractivity contribution is -0.0100. The lowest BCUT2D eigenvalue weighted by Gasteiger charge is -2.37. The van der Waals surface area contributed by atoms with Gasteiger partial charge in [0.2, 0.25) is 0 Å². The van der Waals surface area contributed by atoms with Crippen LogP contribution in [0.2, 0.25) is 0 Å². The summed E-state index contributed by atoms with van der Waals surface area (Å²) in [6.45, 7) is 5.09. The molecule has 1 aliphatic heterocycles. The van der Waals surface area contributed by atoms with Gasteiger partial charge >= 0.3 is 0 Å². The highest BCUT2D eigenvalue weighted by Gasteiger charge is 2.27. The number of benzene rings is 1. The van der Waals surface area contributed by atoms with Gasteiger partial charge in [0.1, 0.15) is 5.76 Å². The van der Waals surface area contributed by atoms with Gasteiger partial charge in [-0.2, -0.15) is 0 Å². The van der Waals surface area contributed by atoms with Crippen LogP contribution in [0.25, 0.3) is 0 Å². The number of allylic oxidation sites excluding steroid dienone is 1. The number of rotatable bonds is 9. The van der Waals surface area contributed by atoms with Crippen LogP contribution in [-0.4, -0.2) is 43.1 Å². The van der Waals surface area contributed by atoms with Crippen molar-refractivity contribution >= 4 is 6.40 Å². The Kier molecular flexibility index (Phi) is 7.95. The van der Waals surface area contributed by atoms with Crippen molar-refractivity contribution < 1.29 is 9.47 Å². The molecule has 24 heavy (non-hydrogen) atoms. The van der Waals surface area contributed by atoms with Gasteiger partial charge in [-0.3, -0.25) is 10.3 Å². The molecule has 0 radical (unpaired) electrons. The number of ether oxygens (including phenoxy) is 2. The maximum Gasteiger partial charge on any atom is 0.173 e. The van der Waals surface area contributed by atoms with E-state index < -0.39 is 0 Å². The van der Waals surface area contributed by atoms with Crippen LogP contribution >= 0.6 is 0 Å². The number of nitrogens with zero attached hydrogens (tertiary/aromatic N) is 1. The molecule has 1 aromatic rings. The molecule has 132 valence electrons. The number of piperidine rings is 1. The molecule has 1 atom stereocenters. The highest BCUT2D eigenvalue weighted by Crippen LogP contribution is 2.21. The second-order valence-electron chi connectivity index (χ2n) is 6.03. The molecular formula is C19H29N3O2. The van der Waals surface area contributed by atoms with Crippen molar-refractivity contribution in [3.63, 3.8) is 0 Å². The predicted octanol–water partition coefficient (Wildman–Crippen LogP) is 2.91. The molecule has 0 aromatic heterocycles. The molecule has 1 heterocycles. The fourth-order valence-electron chi connectivity index (χ4n) is 3.12. The summed E-state index contributed by atoms with van der Waals surface area (Å²) in [5.74, 6) is 0.790. The van der Waals surface area contributed by atoms with Crippen LogP contribution in [0.1, 0.15) is 31.7 Å². The summed E-state index contributed by atoms with van der Waals surface area (Å²) < 4.78 is 11.4. The zero-order valence-electron chi connectivity index (χ0n) is 14.5. The number of nitrogens with one attached hydrogen (secondary N) is 1. The molecular weight excluding hydrogens is 302 g/mol. The topological polar surface area (TPSA) is 71.6 Å². The van der Waals surface area contributed by atoms with Crippen LogP contribution in [0.15, 0.2) is 42.2 Å². The third-order valence-electron chi connectivity index (χ3n) is 4.40. The molecule has 0 amide bonds. The molecule has 5 nitrogen and oxygen atoms in total. The quantitative estimate of drug-likeness (QED) is 0.415. The molecule has 1 unspecified atom stereocenters. The summed E-state index contributed by atoms with van der Waals surface area (Å²) in [5.41, 5.74) is 7.18. The zero-order chi connectivity index (χ0) is 17.2. The van der Waals surface area contributed by atoms with E-state index in [4.69, 9.17) is 20.6 Å². The van der Waals surface area contributed by atoms with Gasteiger partial charge in [-0.05, 0) is 30.9 Å². The van der Waals surface area contributed by atoms with Crippen molar-refractivity contribution in [2.24, 2.45) is 5.73 Å². The Morgan fingerprint density at radius 2 is 2.04 bits per heavy atom. The normalized spacial score (nSPS) is 18.3. The molecule has 2 rings (SSSR count). The van der Waals surface area contributed by atoms with Gasteiger partial charge in [0.05, 0.1) is 18.8 Å². The Morgan fingerprint density at radius 3 is 2.62 bits per heavy atom. The summed E-state index contributed by atoms with van der Waals surface area (Å²) >= 11 is 0. The van der Waals surface area contributed by atoms with Crippen LogP contribution in [-0.2, 0) is 16.1 Å². The summed E-state index contributed by atoms with van der Waals surface area (Å²) in [5, 5.41) is 7.20. The number of nitrogens with two attached hydrogens (primary N) is 1. The summed E-state index contributed by atoms with van der Waals surface area (Å²) in [4.78, 5) is 2.34. The molecule has 1 saturated heterocycles. The highest BCUT2D eigenvalue weighted by atomic mass is 16.5. The monoisotopic (exact) mass is 331 g/mol. The van der Waals surface area contributed by atoms with E-state index in [1.807, 2.05) is 24.3 Å². The largest absolute Gasteiger partial charge is 0.449 e. The van der Waals surface area contributed by atoms with Gasteiger partial charge in [0.15, 0.2) is 6.40 Å². The predicted molar refractivity (Wildman–Crippen MR) is 96.9 cm³/mol. The van der Waals surface area contributed by atoms with E-state index in [-0.39, 0.29) is 6.04 Å². The van der Waals surface area contributed by atoms with E-state index in [0.29, 0.717) is 19.3 Å². The lowest BCUT2D eigenvalue weighted by atomic mass is 10.0. The zero-order valence-corrected chi connectivity index (χ0v) is 14.5. The van der Waals surface area contributed by atoms with Crippen LogP contribution in [0, 0.1) is 5.41 Å². The summed E-state index contributed by atoms with van der Waals surface area (Å²) in [6.07, 6.45) is 6.15. The standard InChI is InChI=1S/C19H29N3O2/c1-2-6-19(24-15-21)18(13-20)22-11-9-17(10-12-22)23-14-16-7-4-3-5-8-16/h3-8,15,17-18,21H,2,9-14,20H2,1H3/b19-6-,21-15?. The minimum Gasteiger partial charge on any atom is -0.449 e. The first-order valence-corrected chi connectivity index (χ1v) is 8.73. The number of hydrogen-bond acceptors (Lipinski definition) is 5. The van der Waals surface area contributed by atoms with E-state index in [0.717, 1.165) is 44.5 Å². The van der Waals surface area contributed by atoms with Gasteiger partial charge in [-0.1, -0.05) is 37.3 Å². The Bertz CT molecular complexity index is 511. The van der Waals surface area contributed by atoms with Gasteiger partial charge in [-0.25, -0.2) is 0 Å². The second-order valence-corrected chi connectivity index (χ2v) is 6.03. The minimum atomic E-state index is 0.0432. The first-order valence-electron chi connectivity index (χ1n) is 8.73. The molecule has 5 heteroatoms. The maximum atomic E-state index is 7.20. The molecule has 1 aliphatic rings.